The molecule has 134 valence electrons. The van der Waals surface area contributed by atoms with Crippen molar-refractivity contribution in [2.24, 2.45) is 0 Å². The first-order valence-electron chi connectivity index (χ1n) is 7.95. The van der Waals surface area contributed by atoms with E-state index in [2.05, 4.69) is 16.0 Å². The number of imide groups is 2. The molecule has 2 atom stereocenters. The predicted molar refractivity (Wildman–Crippen MR) is 80.4 cm³/mol. The predicted octanol–water partition coefficient (Wildman–Crippen LogP) is -1.23. The number of unbranched alkanes of at least 4 members (excludes halogenated alkanes) is 2. The molecule has 6 amide bonds. The third-order valence-electron chi connectivity index (χ3n) is 4.23. The minimum absolute atomic E-state index is 0.0405. The first-order valence-corrected chi connectivity index (χ1v) is 7.95. The molecule has 0 radical (unpaired) electrons. The van der Waals surface area contributed by atoms with Crippen LogP contribution in [0.4, 0.5) is 9.59 Å². The molecule has 2 fully saturated rings. The van der Waals surface area contributed by atoms with E-state index in [4.69, 9.17) is 10.2 Å². The molecule has 2 unspecified atom stereocenters. The maximum Gasteiger partial charge on any atom is 0.327 e. The van der Waals surface area contributed by atoms with Crippen LogP contribution in [0.15, 0.2) is 0 Å². The monoisotopic (exact) mass is 342 g/mol. The second kappa shape index (κ2) is 7.58. The highest BCUT2D eigenvalue weighted by molar-refractivity contribution is 6.12. The van der Waals surface area contributed by atoms with Gasteiger partial charge in [-0.25, -0.2) is 9.59 Å². The summed E-state index contributed by atoms with van der Waals surface area (Å²) in [5, 5.41) is 24.6. The summed E-state index contributed by atoms with van der Waals surface area (Å²) >= 11 is 0. The highest BCUT2D eigenvalue weighted by atomic mass is 16.3. The van der Waals surface area contributed by atoms with Crippen molar-refractivity contribution in [3.8, 4) is 0 Å². The summed E-state index contributed by atoms with van der Waals surface area (Å²) in [6.07, 6.45) is 2.07. The van der Waals surface area contributed by atoms with E-state index in [0.29, 0.717) is 25.7 Å². The number of hydrogen-bond acceptors (Lipinski definition) is 6. The highest BCUT2D eigenvalue weighted by Gasteiger charge is 2.58. The number of amides is 6. The third-order valence-corrected chi connectivity index (χ3v) is 4.23. The second-order valence-corrected chi connectivity index (χ2v) is 5.85. The fourth-order valence-corrected chi connectivity index (χ4v) is 3.10. The summed E-state index contributed by atoms with van der Waals surface area (Å²) in [6, 6.07) is -2.37. The van der Waals surface area contributed by atoms with E-state index in [0.717, 1.165) is 4.90 Å². The number of nitrogens with one attached hydrogen (secondary N) is 3. The minimum atomic E-state index is -1.65. The van der Waals surface area contributed by atoms with Crippen molar-refractivity contribution in [2.75, 3.05) is 13.2 Å². The molecule has 0 aromatic rings. The van der Waals surface area contributed by atoms with Crippen molar-refractivity contribution in [3.05, 3.63) is 0 Å². The summed E-state index contributed by atoms with van der Waals surface area (Å²) in [5.41, 5.74) is -1.65. The Labute approximate surface area is 138 Å². The lowest BCUT2D eigenvalue weighted by atomic mass is 9.97. The summed E-state index contributed by atoms with van der Waals surface area (Å²) in [6.45, 7) is -0.127. The van der Waals surface area contributed by atoms with Crippen LogP contribution >= 0.6 is 0 Å². The van der Waals surface area contributed by atoms with E-state index >= 15 is 0 Å². The molecule has 0 aliphatic carbocycles. The van der Waals surface area contributed by atoms with Gasteiger partial charge in [-0.1, -0.05) is 0 Å². The van der Waals surface area contributed by atoms with Gasteiger partial charge in [-0.15, -0.1) is 0 Å². The maximum atomic E-state index is 12.4. The average molecular weight is 342 g/mol. The van der Waals surface area contributed by atoms with Crippen molar-refractivity contribution >= 4 is 23.9 Å². The Hall–Kier alpha value is -2.20. The quantitative estimate of drug-likeness (QED) is 0.262. The molecule has 2 aliphatic heterocycles. The van der Waals surface area contributed by atoms with Crippen LogP contribution in [-0.2, 0) is 9.59 Å². The maximum absolute atomic E-state index is 12.4. The van der Waals surface area contributed by atoms with Gasteiger partial charge in [0.25, 0.3) is 11.8 Å². The molecule has 2 rings (SSSR count). The van der Waals surface area contributed by atoms with Crippen LogP contribution < -0.4 is 16.0 Å². The van der Waals surface area contributed by atoms with Crippen LogP contribution in [0.3, 0.4) is 0 Å². The smallest absolute Gasteiger partial charge is 0.327 e. The molecule has 0 aromatic carbocycles. The first-order chi connectivity index (χ1) is 11.5. The van der Waals surface area contributed by atoms with Gasteiger partial charge in [0, 0.05) is 13.2 Å². The Kier molecular flexibility index (Phi) is 5.73. The Balaban J connectivity index is 2.28. The number of urea groups is 2. The van der Waals surface area contributed by atoms with Gasteiger partial charge in [-0.2, -0.15) is 0 Å². The number of hydrogen-bond donors (Lipinski definition) is 5. The topological polar surface area (TPSA) is 148 Å². The zero-order valence-electron chi connectivity index (χ0n) is 13.2. The Morgan fingerprint density at radius 1 is 0.958 bits per heavy atom. The Morgan fingerprint density at radius 2 is 1.62 bits per heavy atom. The Morgan fingerprint density at radius 3 is 2.21 bits per heavy atom. The van der Waals surface area contributed by atoms with Crippen LogP contribution in [0.5, 0.6) is 0 Å². The molecular weight excluding hydrogens is 320 g/mol. The molecule has 5 N–H and O–H groups in total. The van der Waals surface area contributed by atoms with Gasteiger partial charge < -0.3 is 15.5 Å². The normalized spacial score (nSPS) is 26.6. The van der Waals surface area contributed by atoms with Crippen molar-refractivity contribution in [1.29, 1.82) is 0 Å². The van der Waals surface area contributed by atoms with E-state index in [9.17, 15) is 19.2 Å². The molecule has 2 aliphatic rings. The zero-order valence-corrected chi connectivity index (χ0v) is 13.2. The fraction of sp³-hybridized carbons (Fsp3) is 0.714. The van der Waals surface area contributed by atoms with Gasteiger partial charge in [-0.05, 0) is 38.5 Å². The van der Waals surface area contributed by atoms with Crippen LogP contribution in [0, 0.1) is 0 Å². The van der Waals surface area contributed by atoms with Crippen LogP contribution in [0.25, 0.3) is 0 Å². The third kappa shape index (κ3) is 3.34. The number of carbonyl (C=O) groups is 4. The molecule has 2 saturated heterocycles. The van der Waals surface area contributed by atoms with Crippen LogP contribution in [0.1, 0.15) is 38.5 Å². The number of carbonyl (C=O) groups excluding carboxylic acids is 4. The molecule has 10 heteroatoms. The van der Waals surface area contributed by atoms with E-state index < -0.39 is 35.6 Å². The minimum Gasteiger partial charge on any atom is -0.396 e. The standard InChI is InChI=1S/C14H22N4O6/c19-7-3-1-5-9-10(21)15-13(24)18(9)14(6-2-4-8-20)11(22)16-12(23)17-14/h9,19-20H,1-8H2,(H,15,21,24)(H2,16,17,22,23). The van der Waals surface area contributed by atoms with Crippen LogP contribution in [-0.4, -0.2) is 63.9 Å². The lowest BCUT2D eigenvalue weighted by Crippen LogP contribution is -2.64. The SMILES string of the molecule is O=C1NC(=O)C(CCCCO)(N2C(=O)NC(=O)C2CCCCO)N1. The summed E-state index contributed by atoms with van der Waals surface area (Å²) in [5.74, 6) is -1.23. The van der Waals surface area contributed by atoms with Crippen molar-refractivity contribution < 1.29 is 29.4 Å². The van der Waals surface area contributed by atoms with Gasteiger partial charge in [0.05, 0.1) is 0 Å². The molecule has 2 heterocycles. The Bertz CT molecular complexity index is 539. The van der Waals surface area contributed by atoms with Gasteiger partial charge >= 0.3 is 12.1 Å². The van der Waals surface area contributed by atoms with Crippen molar-refractivity contribution in [3.63, 3.8) is 0 Å². The average Bonchev–Trinajstić information content (AvgIpc) is 2.96. The lowest BCUT2D eigenvalue weighted by molar-refractivity contribution is -0.132. The van der Waals surface area contributed by atoms with E-state index in [1.54, 1.807) is 0 Å². The lowest BCUT2D eigenvalue weighted by Gasteiger charge is -2.37. The molecule has 24 heavy (non-hydrogen) atoms. The molecule has 0 saturated carbocycles. The summed E-state index contributed by atoms with van der Waals surface area (Å²) < 4.78 is 0. The van der Waals surface area contributed by atoms with Gasteiger partial charge in [-0.3, -0.25) is 25.1 Å². The van der Waals surface area contributed by atoms with Crippen molar-refractivity contribution in [2.45, 2.75) is 50.2 Å². The molecule has 0 spiro atoms. The van der Waals surface area contributed by atoms with Crippen LogP contribution in [0.2, 0.25) is 0 Å². The van der Waals surface area contributed by atoms with Gasteiger partial charge in [0.1, 0.15) is 6.04 Å². The van der Waals surface area contributed by atoms with E-state index in [-0.39, 0.29) is 26.1 Å². The largest absolute Gasteiger partial charge is 0.396 e. The molecule has 0 aromatic heterocycles. The summed E-state index contributed by atoms with van der Waals surface area (Å²) in [7, 11) is 0. The van der Waals surface area contributed by atoms with E-state index in [1.807, 2.05) is 0 Å². The van der Waals surface area contributed by atoms with E-state index in [1.165, 1.54) is 0 Å². The highest BCUT2D eigenvalue weighted by Crippen LogP contribution is 2.30. The van der Waals surface area contributed by atoms with Gasteiger partial charge in [0.15, 0.2) is 5.66 Å². The molecule has 10 nitrogen and oxygen atoms in total. The van der Waals surface area contributed by atoms with Gasteiger partial charge in [0.2, 0.25) is 0 Å². The zero-order chi connectivity index (χ0) is 17.7. The number of rotatable bonds is 9. The fourth-order valence-electron chi connectivity index (χ4n) is 3.10. The summed E-state index contributed by atoms with van der Waals surface area (Å²) in [4.78, 5) is 49.5. The molecular formula is C14H22N4O6. The number of aliphatic hydroxyl groups excluding tert-OH is 2. The number of aliphatic hydroxyl groups is 2. The first kappa shape index (κ1) is 18.1. The second-order valence-electron chi connectivity index (χ2n) is 5.85. The number of nitrogens with zero attached hydrogens (tertiary/aromatic N) is 1. The molecule has 0 bridgehead atoms. The van der Waals surface area contributed by atoms with Crippen molar-refractivity contribution in [1.82, 2.24) is 20.9 Å².